The minimum atomic E-state index is 0.343. The van der Waals surface area contributed by atoms with Crippen molar-refractivity contribution in [3.8, 4) is 0 Å². The van der Waals surface area contributed by atoms with Crippen LogP contribution in [-0.4, -0.2) is 12.3 Å². The van der Waals surface area contributed by atoms with Gasteiger partial charge in [0.15, 0.2) is 0 Å². The molecule has 1 N–H and O–H groups in total. The lowest BCUT2D eigenvalue weighted by atomic mass is 10.00. The molecule has 0 amide bonds. The van der Waals surface area contributed by atoms with Crippen molar-refractivity contribution in [2.24, 2.45) is 4.99 Å². The van der Waals surface area contributed by atoms with Crippen LogP contribution in [0.3, 0.4) is 0 Å². The monoisotopic (exact) mass is 134 g/mol. The van der Waals surface area contributed by atoms with E-state index in [0.717, 1.165) is 12.8 Å². The van der Waals surface area contributed by atoms with Crippen LogP contribution in [0.15, 0.2) is 29.0 Å². The van der Waals surface area contributed by atoms with Gasteiger partial charge in [-0.1, -0.05) is 0 Å². The largest absolute Gasteiger partial charge is 0.368 e. The van der Waals surface area contributed by atoms with Crippen molar-refractivity contribution in [2.75, 3.05) is 0 Å². The van der Waals surface area contributed by atoms with Gasteiger partial charge in [0, 0.05) is 12.4 Å². The smallest absolute Gasteiger partial charge is 0.0920 e. The molecule has 0 saturated heterocycles. The predicted molar refractivity (Wildman–Crippen MR) is 41.9 cm³/mol. The Labute approximate surface area is 60.3 Å². The van der Waals surface area contributed by atoms with Gasteiger partial charge in [0.25, 0.3) is 0 Å². The molecule has 0 aromatic rings. The lowest BCUT2D eigenvalue weighted by Crippen LogP contribution is -2.17. The van der Waals surface area contributed by atoms with Crippen molar-refractivity contribution in [1.82, 2.24) is 5.32 Å². The minimum absolute atomic E-state index is 0.343. The first-order chi connectivity index (χ1) is 4.97. The number of rotatable bonds is 0. The van der Waals surface area contributed by atoms with E-state index in [1.54, 1.807) is 0 Å². The molecule has 0 spiro atoms. The fourth-order valence-corrected chi connectivity index (χ4v) is 1.30. The van der Waals surface area contributed by atoms with Crippen LogP contribution in [0.4, 0.5) is 0 Å². The maximum atomic E-state index is 4.33. The molecule has 0 saturated carbocycles. The van der Waals surface area contributed by atoms with E-state index < -0.39 is 0 Å². The molecular formula is C8H10N2. The molecule has 52 valence electrons. The summed E-state index contributed by atoms with van der Waals surface area (Å²) >= 11 is 0. The molecule has 2 aliphatic rings. The highest BCUT2D eigenvalue weighted by Crippen LogP contribution is 2.19. The second kappa shape index (κ2) is 2.29. The van der Waals surface area contributed by atoms with E-state index >= 15 is 0 Å². The second-order valence-corrected chi connectivity index (χ2v) is 2.56. The summed E-state index contributed by atoms with van der Waals surface area (Å²) in [7, 11) is 0. The highest BCUT2D eigenvalue weighted by molar-refractivity contribution is 5.61. The summed E-state index contributed by atoms with van der Waals surface area (Å²) in [5.74, 6) is 0. The Hall–Kier alpha value is -1.05. The van der Waals surface area contributed by atoms with Gasteiger partial charge >= 0.3 is 0 Å². The van der Waals surface area contributed by atoms with E-state index in [1.165, 1.54) is 5.57 Å². The van der Waals surface area contributed by atoms with Crippen molar-refractivity contribution in [1.29, 1.82) is 0 Å². The standard InChI is InChI=1S/C8H10N2/c1-2-7-6-9-5-3-8(7)10-4-1/h3-6,8-9H,1-2H2. The summed E-state index contributed by atoms with van der Waals surface area (Å²) < 4.78 is 0. The van der Waals surface area contributed by atoms with Crippen LogP contribution in [0.25, 0.3) is 0 Å². The zero-order valence-corrected chi connectivity index (χ0v) is 5.75. The topological polar surface area (TPSA) is 24.4 Å². The Bertz CT molecular complexity index is 213. The van der Waals surface area contributed by atoms with Gasteiger partial charge in [0.05, 0.1) is 6.04 Å². The minimum Gasteiger partial charge on any atom is -0.368 e. The number of dihydropyridines is 1. The average molecular weight is 134 g/mol. The third-order valence-electron chi connectivity index (χ3n) is 1.85. The number of aliphatic imine (C=N–C) groups is 1. The summed E-state index contributed by atoms with van der Waals surface area (Å²) in [6.45, 7) is 0. The molecule has 0 bridgehead atoms. The number of nitrogens with zero attached hydrogens (tertiary/aromatic N) is 1. The molecule has 2 aliphatic heterocycles. The van der Waals surface area contributed by atoms with Crippen LogP contribution in [0.5, 0.6) is 0 Å². The first kappa shape index (κ1) is 5.71. The zero-order chi connectivity index (χ0) is 6.81. The molecule has 2 rings (SSSR count). The third-order valence-corrected chi connectivity index (χ3v) is 1.85. The van der Waals surface area contributed by atoms with Gasteiger partial charge in [-0.2, -0.15) is 0 Å². The van der Waals surface area contributed by atoms with E-state index in [-0.39, 0.29) is 0 Å². The first-order valence-corrected chi connectivity index (χ1v) is 3.60. The molecule has 0 aromatic carbocycles. The van der Waals surface area contributed by atoms with Crippen molar-refractivity contribution >= 4 is 6.21 Å². The van der Waals surface area contributed by atoms with Gasteiger partial charge in [-0.3, -0.25) is 4.99 Å². The number of hydrogen-bond acceptors (Lipinski definition) is 2. The molecule has 0 radical (unpaired) electrons. The summed E-state index contributed by atoms with van der Waals surface area (Å²) in [5, 5.41) is 3.07. The van der Waals surface area contributed by atoms with Crippen molar-refractivity contribution in [3.05, 3.63) is 24.0 Å². The first-order valence-electron chi connectivity index (χ1n) is 3.60. The van der Waals surface area contributed by atoms with E-state index in [0.29, 0.717) is 6.04 Å². The average Bonchev–Trinajstić information content (AvgIpc) is 2.05. The Morgan fingerprint density at radius 2 is 2.60 bits per heavy atom. The molecule has 2 heteroatoms. The predicted octanol–water partition coefficient (Wildman–Crippen LogP) is 1.22. The van der Waals surface area contributed by atoms with E-state index in [9.17, 15) is 0 Å². The van der Waals surface area contributed by atoms with Crippen LogP contribution in [0.2, 0.25) is 0 Å². The van der Waals surface area contributed by atoms with E-state index in [4.69, 9.17) is 0 Å². The normalized spacial score (nSPS) is 28.8. The fraction of sp³-hybridized carbons (Fsp3) is 0.375. The molecule has 10 heavy (non-hydrogen) atoms. The SMILES string of the molecule is C1=CC2N=CCCC2=CN1. The fourth-order valence-electron chi connectivity index (χ4n) is 1.30. The zero-order valence-electron chi connectivity index (χ0n) is 5.75. The Morgan fingerprint density at radius 3 is 3.50 bits per heavy atom. The number of fused-ring (bicyclic) bond motifs is 1. The van der Waals surface area contributed by atoms with Gasteiger partial charge in [0.2, 0.25) is 0 Å². The molecular weight excluding hydrogens is 124 g/mol. The molecule has 1 atom stereocenters. The number of hydrogen-bond donors (Lipinski definition) is 1. The lowest BCUT2D eigenvalue weighted by Gasteiger charge is -2.19. The van der Waals surface area contributed by atoms with Crippen molar-refractivity contribution in [2.45, 2.75) is 18.9 Å². The summed E-state index contributed by atoms with van der Waals surface area (Å²) in [6.07, 6.45) is 10.4. The summed E-state index contributed by atoms with van der Waals surface area (Å²) in [4.78, 5) is 4.33. The summed E-state index contributed by atoms with van der Waals surface area (Å²) in [6, 6.07) is 0.343. The molecule has 0 fully saturated rings. The van der Waals surface area contributed by atoms with Gasteiger partial charge in [0.1, 0.15) is 0 Å². The molecule has 0 aliphatic carbocycles. The molecule has 2 heterocycles. The van der Waals surface area contributed by atoms with E-state index in [2.05, 4.69) is 22.6 Å². The van der Waals surface area contributed by atoms with Crippen LogP contribution in [0.1, 0.15) is 12.8 Å². The van der Waals surface area contributed by atoms with Crippen molar-refractivity contribution < 1.29 is 0 Å². The Balaban J connectivity index is 2.26. The van der Waals surface area contributed by atoms with Gasteiger partial charge < -0.3 is 5.32 Å². The van der Waals surface area contributed by atoms with Gasteiger partial charge in [-0.15, -0.1) is 0 Å². The van der Waals surface area contributed by atoms with Crippen LogP contribution in [0, 0.1) is 0 Å². The lowest BCUT2D eigenvalue weighted by molar-refractivity contribution is 0.792. The highest BCUT2D eigenvalue weighted by Gasteiger charge is 2.13. The Kier molecular flexibility index (Phi) is 1.31. The van der Waals surface area contributed by atoms with Gasteiger partial charge in [-0.05, 0) is 30.7 Å². The van der Waals surface area contributed by atoms with Gasteiger partial charge in [-0.25, -0.2) is 0 Å². The van der Waals surface area contributed by atoms with E-state index in [1.807, 2.05) is 12.4 Å². The maximum absolute atomic E-state index is 4.33. The molecule has 0 aromatic heterocycles. The van der Waals surface area contributed by atoms with Crippen LogP contribution >= 0.6 is 0 Å². The maximum Gasteiger partial charge on any atom is 0.0920 e. The van der Waals surface area contributed by atoms with Crippen LogP contribution < -0.4 is 5.32 Å². The second-order valence-electron chi connectivity index (χ2n) is 2.56. The quantitative estimate of drug-likeness (QED) is 0.529. The van der Waals surface area contributed by atoms with Crippen molar-refractivity contribution in [3.63, 3.8) is 0 Å². The van der Waals surface area contributed by atoms with Crippen LogP contribution in [-0.2, 0) is 0 Å². The highest BCUT2D eigenvalue weighted by atomic mass is 14.9. The molecule has 2 nitrogen and oxygen atoms in total. The Morgan fingerprint density at radius 1 is 1.60 bits per heavy atom. The third kappa shape index (κ3) is 0.856. The number of nitrogens with one attached hydrogen (secondary N) is 1. The summed E-state index contributed by atoms with van der Waals surface area (Å²) in [5.41, 5.74) is 1.41. The molecule has 1 unspecified atom stereocenters.